The highest BCUT2D eigenvalue weighted by Crippen LogP contribution is 2.30. The van der Waals surface area contributed by atoms with E-state index in [1.807, 2.05) is 18.2 Å². The molecule has 2 aromatic rings. The Kier molecular flexibility index (Phi) is 8.86. The molecule has 194 valence electrons. The van der Waals surface area contributed by atoms with Crippen LogP contribution in [0.25, 0.3) is 0 Å². The fourth-order valence-corrected chi connectivity index (χ4v) is 5.40. The zero-order valence-corrected chi connectivity index (χ0v) is 21.6. The van der Waals surface area contributed by atoms with Crippen molar-refractivity contribution < 1.29 is 26.7 Å². The van der Waals surface area contributed by atoms with E-state index in [2.05, 4.69) is 16.0 Å². The van der Waals surface area contributed by atoms with Crippen molar-refractivity contribution in [2.45, 2.75) is 57.0 Å². The molecule has 0 fully saturated rings. The number of carbonyl (C=O) groups is 1. The van der Waals surface area contributed by atoms with Gasteiger partial charge in [-0.15, -0.1) is 0 Å². The topological polar surface area (TPSA) is 96.5 Å². The van der Waals surface area contributed by atoms with Gasteiger partial charge in [-0.25, -0.2) is 22.0 Å². The second kappa shape index (κ2) is 11.7. The van der Waals surface area contributed by atoms with Crippen molar-refractivity contribution >= 4 is 21.6 Å². The summed E-state index contributed by atoms with van der Waals surface area (Å²) in [7, 11) is -2.34. The number of rotatable bonds is 9. The van der Waals surface area contributed by atoms with Crippen molar-refractivity contribution in [1.29, 1.82) is 0 Å². The Hall–Kier alpha value is -3.24. The van der Waals surface area contributed by atoms with Crippen molar-refractivity contribution in [3.8, 4) is 5.75 Å². The zero-order valence-electron chi connectivity index (χ0n) is 20.7. The molecule has 1 unspecified atom stereocenters. The van der Waals surface area contributed by atoms with Gasteiger partial charge in [0.15, 0.2) is 9.84 Å². The molecule has 0 aliphatic carbocycles. The molecule has 0 spiro atoms. The Morgan fingerprint density at radius 1 is 1.17 bits per heavy atom. The number of benzene rings is 2. The highest BCUT2D eigenvalue weighted by Gasteiger charge is 2.22. The van der Waals surface area contributed by atoms with E-state index in [9.17, 15) is 22.0 Å². The third-order valence-electron chi connectivity index (χ3n) is 5.93. The number of halogens is 2. The quantitative estimate of drug-likeness (QED) is 0.391. The van der Waals surface area contributed by atoms with Crippen LogP contribution < -0.4 is 20.7 Å². The summed E-state index contributed by atoms with van der Waals surface area (Å²) in [6.45, 7) is 5.94. The summed E-state index contributed by atoms with van der Waals surface area (Å²) in [5.41, 5.74) is 2.91. The molecule has 0 bridgehead atoms. The first-order chi connectivity index (χ1) is 17.1. The van der Waals surface area contributed by atoms with Crippen LogP contribution in [0.2, 0.25) is 0 Å². The van der Waals surface area contributed by atoms with E-state index in [4.69, 9.17) is 4.74 Å². The molecule has 1 aliphatic heterocycles. The number of urea groups is 1. The van der Waals surface area contributed by atoms with Crippen LogP contribution in [0.3, 0.4) is 0 Å². The number of ether oxygens (including phenoxy) is 1. The lowest BCUT2D eigenvalue weighted by Gasteiger charge is -2.19. The molecule has 36 heavy (non-hydrogen) atoms. The summed E-state index contributed by atoms with van der Waals surface area (Å²) in [6, 6.07) is 8.09. The number of carbonyl (C=O) groups excluding carboxylic acids is 1. The van der Waals surface area contributed by atoms with Crippen LogP contribution in [0.4, 0.5) is 19.3 Å². The maximum Gasteiger partial charge on any atom is 0.319 e. The Bertz CT molecular complexity index is 1310. The Morgan fingerprint density at radius 3 is 2.56 bits per heavy atom. The number of hydrogen-bond donors (Lipinski definition) is 3. The summed E-state index contributed by atoms with van der Waals surface area (Å²) >= 11 is 0. The smallest absolute Gasteiger partial charge is 0.319 e. The van der Waals surface area contributed by atoms with Crippen LogP contribution in [0.15, 0.2) is 64.6 Å². The van der Waals surface area contributed by atoms with Gasteiger partial charge in [0, 0.05) is 24.7 Å². The monoisotopic (exact) mass is 519 g/mol. The average molecular weight is 520 g/mol. The van der Waals surface area contributed by atoms with Crippen LogP contribution in [0.5, 0.6) is 5.75 Å². The van der Waals surface area contributed by atoms with E-state index in [-0.39, 0.29) is 34.1 Å². The van der Waals surface area contributed by atoms with Gasteiger partial charge in [0.05, 0.1) is 29.5 Å². The number of fused-ring (bicyclic) bond motifs is 1. The molecule has 2 amide bonds. The van der Waals surface area contributed by atoms with Crippen molar-refractivity contribution in [3.63, 3.8) is 0 Å². The number of allylic oxidation sites excluding steroid dienone is 2. The van der Waals surface area contributed by atoms with Gasteiger partial charge in [-0.2, -0.15) is 0 Å². The third kappa shape index (κ3) is 6.30. The number of sulfone groups is 1. The number of nitrogens with one attached hydrogen (secondary N) is 3. The van der Waals surface area contributed by atoms with Crippen molar-refractivity contribution in [3.05, 3.63) is 76.4 Å². The fraction of sp³-hybridized carbons (Fsp3) is 0.346. The lowest BCUT2D eigenvalue weighted by atomic mass is 10.0. The molecular weight excluding hydrogens is 488 g/mol. The molecular formula is C26H31F2N3O4S. The van der Waals surface area contributed by atoms with E-state index in [1.54, 1.807) is 6.92 Å². The van der Waals surface area contributed by atoms with E-state index in [1.165, 1.54) is 39.2 Å². The molecule has 1 aliphatic rings. The maximum absolute atomic E-state index is 14.2. The SMILES string of the molecule is C/C=C(F)\C(=C(\F)CC)C(C)NC(=O)Nc1ccc(S(=O)(=O)Cc2ccc3c(c2)CNC3)cc1OC. The lowest BCUT2D eigenvalue weighted by Crippen LogP contribution is -2.37. The molecule has 7 nitrogen and oxygen atoms in total. The second-order valence-corrected chi connectivity index (χ2v) is 10.4. The van der Waals surface area contributed by atoms with E-state index >= 15 is 0 Å². The Balaban J connectivity index is 1.75. The fourth-order valence-electron chi connectivity index (χ4n) is 4.05. The van der Waals surface area contributed by atoms with E-state index in [0.29, 0.717) is 12.1 Å². The molecule has 0 saturated carbocycles. The number of methoxy groups -OCH3 is 1. The van der Waals surface area contributed by atoms with Crippen LogP contribution in [-0.2, 0) is 28.7 Å². The number of anilines is 1. The summed E-state index contributed by atoms with van der Waals surface area (Å²) in [4.78, 5) is 12.6. The Labute approximate surface area is 210 Å². The zero-order chi connectivity index (χ0) is 26.5. The van der Waals surface area contributed by atoms with Crippen LogP contribution in [-0.4, -0.2) is 27.6 Å². The first-order valence-corrected chi connectivity index (χ1v) is 13.2. The molecule has 1 atom stereocenters. The van der Waals surface area contributed by atoms with Gasteiger partial charge in [-0.05, 0) is 49.1 Å². The molecule has 0 aromatic heterocycles. The van der Waals surface area contributed by atoms with E-state index < -0.39 is 33.6 Å². The van der Waals surface area contributed by atoms with Crippen LogP contribution in [0.1, 0.15) is 43.9 Å². The minimum Gasteiger partial charge on any atom is -0.495 e. The molecule has 3 N–H and O–H groups in total. The van der Waals surface area contributed by atoms with Gasteiger partial charge in [0.25, 0.3) is 0 Å². The van der Waals surface area contributed by atoms with Crippen molar-refractivity contribution in [1.82, 2.24) is 10.6 Å². The molecule has 3 rings (SSSR count). The maximum atomic E-state index is 14.2. The molecule has 2 aromatic carbocycles. The summed E-state index contributed by atoms with van der Waals surface area (Å²) in [5.74, 6) is -1.46. The molecule has 0 radical (unpaired) electrons. The van der Waals surface area contributed by atoms with Gasteiger partial charge < -0.3 is 20.7 Å². The predicted octanol–water partition coefficient (Wildman–Crippen LogP) is 5.29. The van der Waals surface area contributed by atoms with Crippen LogP contribution in [0, 0.1) is 0 Å². The van der Waals surface area contributed by atoms with Gasteiger partial charge in [0.2, 0.25) is 0 Å². The standard InChI is InChI=1S/C26H31F2N3O4S/c1-5-21(27)25(22(28)6-2)16(3)30-26(32)31-23-10-9-20(12-24(23)35-4)36(33,34)15-17-7-8-18-13-29-14-19(18)11-17/h5,7-12,16,29H,6,13-15H2,1-4H3,(H2,30,31,32)/b21-5+,25-22+. The average Bonchev–Trinajstić information content (AvgIpc) is 3.31. The van der Waals surface area contributed by atoms with Gasteiger partial charge in [0.1, 0.15) is 17.4 Å². The van der Waals surface area contributed by atoms with Gasteiger partial charge >= 0.3 is 6.03 Å². The molecule has 0 saturated heterocycles. The first kappa shape index (κ1) is 27.3. The lowest BCUT2D eigenvalue weighted by molar-refractivity contribution is 0.250. The van der Waals surface area contributed by atoms with Gasteiger partial charge in [-0.1, -0.05) is 31.2 Å². The van der Waals surface area contributed by atoms with Crippen molar-refractivity contribution in [2.24, 2.45) is 0 Å². The largest absolute Gasteiger partial charge is 0.495 e. The van der Waals surface area contributed by atoms with Crippen LogP contribution >= 0.6 is 0 Å². The summed E-state index contributed by atoms with van der Waals surface area (Å²) in [6.07, 6.45) is 1.11. The predicted molar refractivity (Wildman–Crippen MR) is 136 cm³/mol. The third-order valence-corrected chi connectivity index (χ3v) is 7.62. The summed E-state index contributed by atoms with van der Waals surface area (Å²) < 4.78 is 59.8. The van der Waals surface area contributed by atoms with Gasteiger partial charge in [-0.3, -0.25) is 0 Å². The summed E-state index contributed by atoms with van der Waals surface area (Å²) in [5, 5.41) is 8.29. The minimum absolute atomic E-state index is 0.0175. The number of amides is 2. The normalized spacial score (nSPS) is 15.1. The Morgan fingerprint density at radius 2 is 1.89 bits per heavy atom. The molecule has 10 heteroatoms. The number of hydrogen-bond acceptors (Lipinski definition) is 5. The van der Waals surface area contributed by atoms with Crippen molar-refractivity contribution in [2.75, 3.05) is 12.4 Å². The second-order valence-electron chi connectivity index (χ2n) is 8.46. The highest BCUT2D eigenvalue weighted by atomic mass is 32.2. The minimum atomic E-state index is -3.69. The first-order valence-electron chi connectivity index (χ1n) is 11.6. The highest BCUT2D eigenvalue weighted by molar-refractivity contribution is 7.90. The van der Waals surface area contributed by atoms with E-state index in [0.717, 1.165) is 23.7 Å². The molecule has 1 heterocycles.